The predicted molar refractivity (Wildman–Crippen MR) is 114 cm³/mol. The summed E-state index contributed by atoms with van der Waals surface area (Å²) in [4.78, 5) is 31.2. The van der Waals surface area contributed by atoms with E-state index in [1.807, 2.05) is 36.1 Å². The van der Waals surface area contributed by atoms with Gasteiger partial charge in [0.05, 0.1) is 7.11 Å². The molecule has 160 valence electrons. The summed E-state index contributed by atoms with van der Waals surface area (Å²) in [7, 11) is 1.62. The first kappa shape index (κ1) is 20.3. The average Bonchev–Trinajstić information content (AvgIpc) is 3.18. The smallest absolute Gasteiger partial charge is 0.269 e. The van der Waals surface area contributed by atoms with Gasteiger partial charge in [-0.1, -0.05) is 6.92 Å². The molecule has 8 heteroatoms. The first-order chi connectivity index (χ1) is 14.5. The van der Waals surface area contributed by atoms with Crippen LogP contribution in [0.25, 0.3) is 11.3 Å². The number of aromatic nitrogens is 2. The Morgan fingerprint density at radius 1 is 1.20 bits per heavy atom. The van der Waals surface area contributed by atoms with Crippen LogP contribution >= 0.6 is 0 Å². The third kappa shape index (κ3) is 3.62. The number of piperidine rings is 1. The van der Waals surface area contributed by atoms with Gasteiger partial charge in [0, 0.05) is 37.5 Å². The SMILES string of the molecule is CCC(=O)N1CCC(C2CCNn3c2nc(-c2ccc(OC)cc2)c3C(N)=O)CC1. The zero-order valence-corrected chi connectivity index (χ0v) is 17.6. The molecule has 2 amide bonds. The molecule has 3 heterocycles. The molecular formula is C22H29N5O3. The van der Waals surface area contributed by atoms with Crippen LogP contribution in [-0.4, -0.2) is 53.1 Å². The number of fused-ring (bicyclic) bond motifs is 1. The third-order valence-corrected chi connectivity index (χ3v) is 6.32. The molecular weight excluding hydrogens is 382 g/mol. The van der Waals surface area contributed by atoms with Crippen molar-refractivity contribution in [3.63, 3.8) is 0 Å². The van der Waals surface area contributed by atoms with Crippen molar-refractivity contribution in [2.45, 2.75) is 38.5 Å². The number of methoxy groups -OCH3 is 1. The van der Waals surface area contributed by atoms with Gasteiger partial charge >= 0.3 is 0 Å². The van der Waals surface area contributed by atoms with Gasteiger partial charge in [0.25, 0.3) is 5.91 Å². The van der Waals surface area contributed by atoms with Crippen LogP contribution in [0.2, 0.25) is 0 Å². The molecule has 1 atom stereocenters. The third-order valence-electron chi connectivity index (χ3n) is 6.32. The van der Waals surface area contributed by atoms with Gasteiger partial charge in [-0.05, 0) is 49.4 Å². The number of hydrogen-bond donors (Lipinski definition) is 2. The van der Waals surface area contributed by atoms with Gasteiger partial charge < -0.3 is 20.8 Å². The second-order valence-corrected chi connectivity index (χ2v) is 7.97. The Bertz CT molecular complexity index is 929. The molecule has 8 nitrogen and oxygen atoms in total. The van der Waals surface area contributed by atoms with Crippen molar-refractivity contribution in [2.75, 3.05) is 32.2 Å². The van der Waals surface area contributed by atoms with E-state index in [0.717, 1.165) is 56.0 Å². The van der Waals surface area contributed by atoms with Gasteiger partial charge in [0.2, 0.25) is 5.91 Å². The molecule has 3 N–H and O–H groups in total. The average molecular weight is 412 g/mol. The fourth-order valence-electron chi connectivity index (χ4n) is 4.71. The number of primary amides is 1. The molecule has 1 fully saturated rings. The lowest BCUT2D eigenvalue weighted by Crippen LogP contribution is -2.41. The maximum absolute atomic E-state index is 12.3. The number of nitrogens with zero attached hydrogens (tertiary/aromatic N) is 3. The van der Waals surface area contributed by atoms with E-state index >= 15 is 0 Å². The lowest BCUT2D eigenvalue weighted by atomic mass is 9.81. The van der Waals surface area contributed by atoms with Gasteiger partial charge in [-0.2, -0.15) is 0 Å². The van der Waals surface area contributed by atoms with Crippen LogP contribution < -0.4 is 15.9 Å². The van der Waals surface area contributed by atoms with Crippen LogP contribution in [0.1, 0.15) is 54.8 Å². The predicted octanol–water partition coefficient (Wildman–Crippen LogP) is 2.34. The number of likely N-dealkylation sites (tertiary alicyclic amines) is 1. The van der Waals surface area contributed by atoms with Gasteiger partial charge in [-0.15, -0.1) is 0 Å². The summed E-state index contributed by atoms with van der Waals surface area (Å²) < 4.78 is 7.03. The van der Waals surface area contributed by atoms with E-state index in [0.29, 0.717) is 23.7 Å². The second-order valence-electron chi connectivity index (χ2n) is 7.97. The number of imidazole rings is 1. The van der Waals surface area contributed by atoms with Crippen molar-refractivity contribution < 1.29 is 14.3 Å². The molecule has 2 aliphatic heterocycles. The quantitative estimate of drug-likeness (QED) is 0.786. The largest absolute Gasteiger partial charge is 0.497 e. The van der Waals surface area contributed by atoms with Crippen LogP contribution in [0.4, 0.5) is 0 Å². The van der Waals surface area contributed by atoms with Crippen LogP contribution in [0.5, 0.6) is 5.75 Å². The van der Waals surface area contributed by atoms with Crippen molar-refractivity contribution in [1.82, 2.24) is 14.6 Å². The lowest BCUT2D eigenvalue weighted by molar-refractivity contribution is -0.132. The molecule has 2 aromatic rings. The molecule has 0 spiro atoms. The Hall–Kier alpha value is -3.03. The van der Waals surface area contributed by atoms with E-state index in [2.05, 4.69) is 5.43 Å². The highest BCUT2D eigenvalue weighted by atomic mass is 16.5. The molecule has 0 saturated carbocycles. The fourth-order valence-corrected chi connectivity index (χ4v) is 4.71. The monoisotopic (exact) mass is 411 g/mol. The van der Waals surface area contributed by atoms with E-state index < -0.39 is 5.91 Å². The van der Waals surface area contributed by atoms with Gasteiger partial charge in [-0.3, -0.25) is 9.59 Å². The molecule has 0 bridgehead atoms. The number of nitrogens with one attached hydrogen (secondary N) is 1. The standard InChI is InChI=1S/C22H29N5O3/c1-3-18(28)26-12-9-14(10-13-26)17-8-11-24-27-20(21(23)29)19(25-22(17)27)15-4-6-16(30-2)7-5-15/h4-7,14,17,24H,3,8-13H2,1-2H3,(H2,23,29). The molecule has 4 rings (SSSR count). The van der Waals surface area contributed by atoms with Crippen molar-refractivity contribution in [3.05, 3.63) is 35.8 Å². The maximum Gasteiger partial charge on any atom is 0.269 e. The summed E-state index contributed by atoms with van der Waals surface area (Å²) in [6.45, 7) is 4.24. The minimum atomic E-state index is -0.504. The summed E-state index contributed by atoms with van der Waals surface area (Å²) in [6.07, 6.45) is 3.40. The minimum absolute atomic E-state index is 0.220. The summed E-state index contributed by atoms with van der Waals surface area (Å²) >= 11 is 0. The van der Waals surface area contributed by atoms with E-state index in [4.69, 9.17) is 15.5 Å². The zero-order valence-electron chi connectivity index (χ0n) is 17.6. The number of amides is 2. The van der Waals surface area contributed by atoms with Gasteiger partial charge in [-0.25, -0.2) is 9.66 Å². The zero-order chi connectivity index (χ0) is 21.3. The highest BCUT2D eigenvalue weighted by Gasteiger charge is 2.36. The highest BCUT2D eigenvalue weighted by molar-refractivity contribution is 5.97. The number of benzene rings is 1. The van der Waals surface area contributed by atoms with Crippen molar-refractivity contribution in [2.24, 2.45) is 11.7 Å². The number of ether oxygens (including phenoxy) is 1. The molecule has 0 radical (unpaired) electrons. The number of nitrogens with two attached hydrogens (primary N) is 1. The van der Waals surface area contributed by atoms with Crippen molar-refractivity contribution >= 4 is 11.8 Å². The Balaban J connectivity index is 1.65. The van der Waals surface area contributed by atoms with Crippen LogP contribution in [0, 0.1) is 5.92 Å². The second kappa shape index (κ2) is 8.38. The number of rotatable bonds is 5. The van der Waals surface area contributed by atoms with Gasteiger partial charge in [0.15, 0.2) is 5.69 Å². The van der Waals surface area contributed by atoms with Crippen molar-refractivity contribution in [1.29, 1.82) is 0 Å². The first-order valence-corrected chi connectivity index (χ1v) is 10.6. The Labute approximate surface area is 176 Å². The summed E-state index contributed by atoms with van der Waals surface area (Å²) in [5, 5.41) is 0. The Kier molecular flexibility index (Phi) is 5.65. The van der Waals surface area contributed by atoms with E-state index in [-0.39, 0.29) is 11.8 Å². The highest BCUT2D eigenvalue weighted by Crippen LogP contribution is 2.39. The molecule has 0 aliphatic carbocycles. The van der Waals surface area contributed by atoms with Crippen LogP contribution in [0.3, 0.4) is 0 Å². The summed E-state index contributed by atoms with van der Waals surface area (Å²) in [5.74, 6) is 1.98. The van der Waals surface area contributed by atoms with E-state index in [9.17, 15) is 9.59 Å². The van der Waals surface area contributed by atoms with E-state index in [1.165, 1.54) is 0 Å². The Morgan fingerprint density at radius 2 is 1.90 bits per heavy atom. The van der Waals surface area contributed by atoms with E-state index in [1.54, 1.807) is 11.8 Å². The Morgan fingerprint density at radius 3 is 2.50 bits per heavy atom. The molecule has 1 aromatic heterocycles. The minimum Gasteiger partial charge on any atom is -0.497 e. The fraction of sp³-hybridized carbons (Fsp3) is 0.500. The molecule has 1 unspecified atom stereocenters. The number of carbonyl (C=O) groups is 2. The summed E-state index contributed by atoms with van der Waals surface area (Å²) in [5.41, 5.74) is 10.9. The normalized spacial score (nSPS) is 19.1. The van der Waals surface area contributed by atoms with Crippen molar-refractivity contribution in [3.8, 4) is 17.0 Å². The summed E-state index contributed by atoms with van der Waals surface area (Å²) in [6, 6.07) is 7.49. The number of hydrogen-bond acceptors (Lipinski definition) is 5. The molecule has 1 saturated heterocycles. The van der Waals surface area contributed by atoms with Gasteiger partial charge in [0.1, 0.15) is 17.3 Å². The number of carbonyl (C=O) groups excluding carboxylic acids is 2. The molecule has 30 heavy (non-hydrogen) atoms. The maximum atomic E-state index is 12.3. The molecule has 2 aliphatic rings. The first-order valence-electron chi connectivity index (χ1n) is 10.6. The van der Waals surface area contributed by atoms with Crippen LogP contribution in [-0.2, 0) is 4.79 Å². The molecule has 1 aromatic carbocycles. The topological polar surface area (TPSA) is 102 Å². The lowest BCUT2D eigenvalue weighted by Gasteiger charge is -2.37. The van der Waals surface area contributed by atoms with Crippen LogP contribution in [0.15, 0.2) is 24.3 Å².